The van der Waals surface area contributed by atoms with Crippen LogP contribution in [0.5, 0.6) is 0 Å². The third-order valence-electron chi connectivity index (χ3n) is 3.86. The van der Waals surface area contributed by atoms with Crippen LogP contribution in [-0.2, 0) is 6.42 Å². The van der Waals surface area contributed by atoms with Gasteiger partial charge in [0, 0.05) is 23.0 Å². The quantitative estimate of drug-likeness (QED) is 0.721. The normalized spacial score (nSPS) is 10.5. The van der Waals surface area contributed by atoms with E-state index in [1.54, 1.807) is 24.3 Å². The van der Waals surface area contributed by atoms with Crippen LogP contribution >= 0.6 is 0 Å². The predicted molar refractivity (Wildman–Crippen MR) is 98.3 cm³/mol. The predicted octanol–water partition coefficient (Wildman–Crippen LogP) is 4.46. The molecule has 5 nitrogen and oxygen atoms in total. The van der Waals surface area contributed by atoms with Crippen molar-refractivity contribution in [1.29, 1.82) is 0 Å². The van der Waals surface area contributed by atoms with Gasteiger partial charge in [0.15, 0.2) is 5.82 Å². The Labute approximate surface area is 146 Å². The van der Waals surface area contributed by atoms with Gasteiger partial charge in [-0.15, -0.1) is 0 Å². The maximum absolute atomic E-state index is 10.9. The van der Waals surface area contributed by atoms with Crippen LogP contribution in [0.2, 0.25) is 0 Å². The van der Waals surface area contributed by atoms with Crippen molar-refractivity contribution in [2.45, 2.75) is 20.3 Å². The largest absolute Gasteiger partial charge is 0.478 e. The highest BCUT2D eigenvalue weighted by atomic mass is 16.4. The third kappa shape index (κ3) is 4.01. The molecule has 0 saturated carbocycles. The number of nitrogens with one attached hydrogen (secondary N) is 1. The van der Waals surface area contributed by atoms with Gasteiger partial charge in [0.2, 0.25) is 0 Å². The van der Waals surface area contributed by atoms with E-state index in [-0.39, 0.29) is 5.56 Å². The number of carboxylic acid groups (broad SMARTS) is 1. The van der Waals surface area contributed by atoms with E-state index in [0.717, 1.165) is 23.4 Å². The van der Waals surface area contributed by atoms with Gasteiger partial charge in [-0.25, -0.2) is 14.8 Å². The molecule has 0 aliphatic rings. The minimum atomic E-state index is -0.941. The Hall–Kier alpha value is -3.21. The van der Waals surface area contributed by atoms with Gasteiger partial charge in [-0.05, 0) is 37.6 Å². The summed E-state index contributed by atoms with van der Waals surface area (Å²) in [5.41, 5.74) is 4.12. The fraction of sp³-hybridized carbons (Fsp3) is 0.150. The summed E-state index contributed by atoms with van der Waals surface area (Å²) in [5.74, 6) is 0.415. The Kier molecular flexibility index (Phi) is 4.75. The number of carboxylic acids is 1. The van der Waals surface area contributed by atoms with Crippen LogP contribution in [0.15, 0.2) is 54.6 Å². The molecule has 0 bridgehead atoms. The molecule has 0 atom stereocenters. The van der Waals surface area contributed by atoms with Gasteiger partial charge in [0.1, 0.15) is 5.82 Å². The Morgan fingerprint density at radius 2 is 1.72 bits per heavy atom. The molecule has 0 aliphatic carbocycles. The first-order valence-corrected chi connectivity index (χ1v) is 8.10. The number of aryl methyl sites for hydroxylation is 2. The highest BCUT2D eigenvalue weighted by molar-refractivity contribution is 5.88. The summed E-state index contributed by atoms with van der Waals surface area (Å²) in [5, 5.41) is 12.2. The summed E-state index contributed by atoms with van der Waals surface area (Å²) in [6.45, 7) is 4.09. The van der Waals surface area contributed by atoms with Gasteiger partial charge in [0.05, 0.1) is 5.56 Å². The Morgan fingerprint density at radius 3 is 2.32 bits per heavy atom. The van der Waals surface area contributed by atoms with E-state index >= 15 is 0 Å². The third-order valence-corrected chi connectivity index (χ3v) is 3.86. The Morgan fingerprint density at radius 1 is 1.04 bits per heavy atom. The second-order valence-electron chi connectivity index (χ2n) is 5.80. The van der Waals surface area contributed by atoms with Gasteiger partial charge in [-0.2, -0.15) is 0 Å². The summed E-state index contributed by atoms with van der Waals surface area (Å²) < 4.78 is 0. The summed E-state index contributed by atoms with van der Waals surface area (Å²) in [4.78, 5) is 20.1. The van der Waals surface area contributed by atoms with Crippen LogP contribution in [0.1, 0.15) is 28.5 Å². The van der Waals surface area contributed by atoms with Gasteiger partial charge in [-0.1, -0.05) is 36.8 Å². The number of hydrogen-bond acceptors (Lipinski definition) is 4. The number of hydrogen-bond donors (Lipinski definition) is 2. The standard InChI is InChI=1S/C20H19N3O2/c1-3-16-12-18(21-17-10-8-15(9-11-17)20(24)25)23-19(22-16)14-6-4-13(2)5-7-14/h4-12H,3H2,1-2H3,(H,24,25)(H,21,22,23). The van der Waals surface area contributed by atoms with Crippen molar-refractivity contribution in [1.82, 2.24) is 9.97 Å². The monoisotopic (exact) mass is 333 g/mol. The topological polar surface area (TPSA) is 75.1 Å². The van der Waals surface area contributed by atoms with E-state index in [2.05, 4.69) is 15.3 Å². The summed E-state index contributed by atoms with van der Waals surface area (Å²) >= 11 is 0. The number of benzene rings is 2. The van der Waals surface area contributed by atoms with E-state index in [0.29, 0.717) is 11.6 Å². The summed E-state index contributed by atoms with van der Waals surface area (Å²) in [6, 6.07) is 16.6. The maximum Gasteiger partial charge on any atom is 0.335 e. The van der Waals surface area contributed by atoms with Gasteiger partial charge in [0.25, 0.3) is 0 Å². The van der Waals surface area contributed by atoms with Crippen molar-refractivity contribution in [2.24, 2.45) is 0 Å². The van der Waals surface area contributed by atoms with Gasteiger partial charge in [-0.3, -0.25) is 0 Å². The van der Waals surface area contributed by atoms with Crippen LogP contribution < -0.4 is 5.32 Å². The van der Waals surface area contributed by atoms with Gasteiger partial charge < -0.3 is 10.4 Å². The molecule has 1 heterocycles. The highest BCUT2D eigenvalue weighted by Gasteiger charge is 2.07. The maximum atomic E-state index is 10.9. The second kappa shape index (κ2) is 7.13. The van der Waals surface area contributed by atoms with E-state index < -0.39 is 5.97 Å². The molecule has 0 fully saturated rings. The number of carbonyl (C=O) groups is 1. The van der Waals surface area contributed by atoms with Crippen LogP contribution in [0.3, 0.4) is 0 Å². The highest BCUT2D eigenvalue weighted by Crippen LogP contribution is 2.22. The zero-order chi connectivity index (χ0) is 17.8. The van der Waals surface area contributed by atoms with Gasteiger partial charge >= 0.3 is 5.97 Å². The molecule has 0 amide bonds. The number of aromatic nitrogens is 2. The zero-order valence-corrected chi connectivity index (χ0v) is 14.2. The molecule has 3 rings (SSSR count). The van der Waals surface area contributed by atoms with Crippen molar-refractivity contribution < 1.29 is 9.90 Å². The van der Waals surface area contributed by atoms with Crippen molar-refractivity contribution >= 4 is 17.5 Å². The molecule has 1 aromatic heterocycles. The minimum absolute atomic E-state index is 0.253. The smallest absolute Gasteiger partial charge is 0.335 e. The molecule has 0 spiro atoms. The lowest BCUT2D eigenvalue weighted by Gasteiger charge is -2.10. The SMILES string of the molecule is CCc1cc(Nc2ccc(C(=O)O)cc2)nc(-c2ccc(C)cc2)n1. The van der Waals surface area contributed by atoms with Crippen molar-refractivity contribution in [3.8, 4) is 11.4 Å². The zero-order valence-electron chi connectivity index (χ0n) is 14.2. The van der Waals surface area contributed by atoms with Crippen LogP contribution in [0.4, 0.5) is 11.5 Å². The average molecular weight is 333 g/mol. The molecule has 0 unspecified atom stereocenters. The number of rotatable bonds is 5. The molecule has 126 valence electrons. The second-order valence-corrected chi connectivity index (χ2v) is 5.80. The molecule has 3 aromatic rings. The molecule has 5 heteroatoms. The Balaban J connectivity index is 1.91. The lowest BCUT2D eigenvalue weighted by atomic mass is 10.1. The number of aromatic carboxylic acids is 1. The molecule has 0 saturated heterocycles. The van der Waals surface area contributed by atoms with Crippen LogP contribution in [0, 0.1) is 6.92 Å². The molecule has 0 radical (unpaired) electrons. The van der Waals surface area contributed by atoms with Crippen molar-refractivity contribution in [3.05, 3.63) is 71.4 Å². The average Bonchev–Trinajstić information content (AvgIpc) is 2.62. The molecule has 2 aromatic carbocycles. The first-order valence-electron chi connectivity index (χ1n) is 8.10. The van der Waals surface area contributed by atoms with Crippen molar-refractivity contribution in [2.75, 3.05) is 5.32 Å². The summed E-state index contributed by atoms with van der Waals surface area (Å²) in [7, 11) is 0. The van der Waals surface area contributed by atoms with E-state index in [1.165, 1.54) is 5.56 Å². The molecular weight excluding hydrogens is 314 g/mol. The lowest BCUT2D eigenvalue weighted by Crippen LogP contribution is -2.01. The van der Waals surface area contributed by atoms with Crippen molar-refractivity contribution in [3.63, 3.8) is 0 Å². The molecule has 0 aliphatic heterocycles. The Bertz CT molecular complexity index is 888. The number of anilines is 2. The molecule has 25 heavy (non-hydrogen) atoms. The van der Waals surface area contributed by atoms with Crippen LogP contribution in [-0.4, -0.2) is 21.0 Å². The first kappa shape index (κ1) is 16.6. The molecule has 2 N–H and O–H groups in total. The van der Waals surface area contributed by atoms with E-state index in [9.17, 15) is 4.79 Å². The lowest BCUT2D eigenvalue weighted by molar-refractivity contribution is 0.0697. The first-order chi connectivity index (χ1) is 12.0. The summed E-state index contributed by atoms with van der Waals surface area (Å²) in [6.07, 6.45) is 0.800. The molecular formula is C20H19N3O2. The minimum Gasteiger partial charge on any atom is -0.478 e. The fourth-order valence-corrected chi connectivity index (χ4v) is 2.42. The fourth-order valence-electron chi connectivity index (χ4n) is 2.42. The number of nitrogens with zero attached hydrogens (tertiary/aromatic N) is 2. The van der Waals surface area contributed by atoms with Crippen LogP contribution in [0.25, 0.3) is 11.4 Å². The van der Waals surface area contributed by atoms with E-state index in [4.69, 9.17) is 5.11 Å². The van der Waals surface area contributed by atoms with E-state index in [1.807, 2.05) is 44.2 Å².